The van der Waals surface area contributed by atoms with Crippen molar-refractivity contribution < 1.29 is 23.1 Å². The summed E-state index contributed by atoms with van der Waals surface area (Å²) in [6, 6.07) is 14.0. The third-order valence-electron chi connectivity index (χ3n) is 7.99. The lowest BCUT2D eigenvalue weighted by molar-refractivity contribution is -0.176. The highest BCUT2D eigenvalue weighted by Gasteiger charge is 2.39. The number of rotatable bonds is 7. The van der Waals surface area contributed by atoms with Crippen LogP contribution in [0.4, 0.5) is 19.4 Å². The van der Waals surface area contributed by atoms with Crippen LogP contribution in [0.5, 0.6) is 0 Å². The molecule has 13 heteroatoms. The first kappa shape index (κ1) is 28.1. The molecule has 0 bridgehead atoms. The summed E-state index contributed by atoms with van der Waals surface area (Å²) < 4.78 is 36.6. The molecule has 2 aliphatic rings. The number of carbonyl (C=O) groups excluding carboxylic acids is 1. The zero-order valence-corrected chi connectivity index (χ0v) is 24.1. The summed E-state index contributed by atoms with van der Waals surface area (Å²) in [7, 11) is 1.83. The second kappa shape index (κ2) is 11.4. The molecule has 2 amide bonds. The van der Waals surface area contributed by atoms with Crippen LogP contribution < -0.4 is 10.6 Å². The third kappa shape index (κ3) is 5.29. The second-order valence-corrected chi connectivity index (χ2v) is 11.1. The number of hydrogen-bond acceptors (Lipinski definition) is 7. The Bertz CT molecular complexity index is 1840. The lowest BCUT2D eigenvalue weighted by Gasteiger charge is -2.29. The number of amides is 2. The summed E-state index contributed by atoms with van der Waals surface area (Å²) >= 11 is 0. The number of ether oxygens (including phenoxy) is 1. The number of nitrogens with zero attached hydrogens (tertiary/aromatic N) is 6. The highest BCUT2D eigenvalue weighted by atomic mass is 19.2. The van der Waals surface area contributed by atoms with E-state index < -0.39 is 29.8 Å². The number of benzene rings is 2. The summed E-state index contributed by atoms with van der Waals surface area (Å²) in [4.78, 5) is 24.3. The van der Waals surface area contributed by atoms with E-state index in [1.807, 2.05) is 50.4 Å². The van der Waals surface area contributed by atoms with Gasteiger partial charge >= 0.3 is 6.03 Å². The van der Waals surface area contributed by atoms with Gasteiger partial charge in [0, 0.05) is 48.8 Å². The van der Waals surface area contributed by atoms with Crippen molar-refractivity contribution in [3.8, 4) is 16.9 Å². The summed E-state index contributed by atoms with van der Waals surface area (Å²) in [5.41, 5.74) is 4.10. The molecule has 11 nitrogen and oxygen atoms in total. The van der Waals surface area contributed by atoms with Crippen LogP contribution in [-0.4, -0.2) is 68.0 Å². The predicted octanol–water partition coefficient (Wildman–Crippen LogP) is 4.53. The molecule has 5 aromatic rings. The van der Waals surface area contributed by atoms with Gasteiger partial charge in [-0.05, 0) is 42.8 Å². The Morgan fingerprint density at radius 2 is 1.89 bits per heavy atom. The average Bonchev–Trinajstić information content (AvgIpc) is 3.68. The van der Waals surface area contributed by atoms with E-state index in [4.69, 9.17) is 14.7 Å². The first-order valence-corrected chi connectivity index (χ1v) is 14.3. The van der Waals surface area contributed by atoms with Crippen LogP contribution >= 0.6 is 0 Å². The predicted molar refractivity (Wildman–Crippen MR) is 158 cm³/mol. The van der Waals surface area contributed by atoms with Crippen LogP contribution in [0.2, 0.25) is 0 Å². The topological polar surface area (TPSA) is 111 Å². The Morgan fingerprint density at radius 1 is 1.07 bits per heavy atom. The number of nitrogens with one attached hydrogen (secondary N) is 2. The number of urea groups is 1. The van der Waals surface area contributed by atoms with E-state index in [9.17, 15) is 13.6 Å². The molecule has 44 heavy (non-hydrogen) atoms. The fourth-order valence-electron chi connectivity index (χ4n) is 5.65. The van der Waals surface area contributed by atoms with E-state index in [1.165, 1.54) is 6.07 Å². The minimum atomic E-state index is -0.978. The van der Waals surface area contributed by atoms with Crippen molar-refractivity contribution in [2.24, 2.45) is 13.0 Å². The number of aromatic nitrogens is 5. The lowest BCUT2D eigenvalue weighted by Crippen LogP contribution is -2.43. The SMILES string of the molecule is Cc1c(-c2cnc3c(cnn3C)c2)nn(-c2ccccc2)c1NC(=O)N[C@@H]1CN(CC2COC2)O[C@H]1c1ccc(F)c(F)c1. The van der Waals surface area contributed by atoms with Crippen LogP contribution in [0, 0.1) is 24.5 Å². The van der Waals surface area contributed by atoms with Crippen LogP contribution in [0.25, 0.3) is 28.0 Å². The van der Waals surface area contributed by atoms with Gasteiger partial charge in [-0.15, -0.1) is 0 Å². The molecule has 0 radical (unpaired) electrons. The van der Waals surface area contributed by atoms with Crippen molar-refractivity contribution in [1.29, 1.82) is 0 Å². The van der Waals surface area contributed by atoms with Crippen molar-refractivity contribution in [3.05, 3.63) is 89.8 Å². The number of aryl methyl sites for hydroxylation is 1. The van der Waals surface area contributed by atoms with E-state index in [-0.39, 0.29) is 0 Å². The summed E-state index contributed by atoms with van der Waals surface area (Å²) in [5, 5.41) is 17.8. The van der Waals surface area contributed by atoms with Crippen molar-refractivity contribution in [2.45, 2.75) is 19.1 Å². The number of fused-ring (bicyclic) bond motifs is 1. The molecule has 0 aliphatic carbocycles. The highest BCUT2D eigenvalue weighted by molar-refractivity contribution is 5.91. The number of hydroxylamine groups is 2. The van der Waals surface area contributed by atoms with E-state index in [2.05, 4.69) is 20.7 Å². The van der Waals surface area contributed by atoms with Crippen molar-refractivity contribution in [3.63, 3.8) is 0 Å². The number of hydrogen-bond donors (Lipinski definition) is 2. The van der Waals surface area contributed by atoms with Crippen LogP contribution in [0.1, 0.15) is 17.2 Å². The van der Waals surface area contributed by atoms with Gasteiger partial charge in [-0.3, -0.25) is 14.8 Å². The normalized spacial score (nSPS) is 18.9. The van der Waals surface area contributed by atoms with Crippen LogP contribution in [-0.2, 0) is 16.6 Å². The molecule has 226 valence electrons. The van der Waals surface area contributed by atoms with E-state index >= 15 is 0 Å². The molecule has 0 unspecified atom stereocenters. The Balaban J connectivity index is 1.18. The number of pyridine rings is 1. The summed E-state index contributed by atoms with van der Waals surface area (Å²) in [6.45, 7) is 4.09. The average molecular weight is 601 g/mol. The monoisotopic (exact) mass is 600 g/mol. The van der Waals surface area contributed by atoms with Gasteiger partial charge in [-0.25, -0.2) is 23.2 Å². The highest BCUT2D eigenvalue weighted by Crippen LogP contribution is 2.33. The van der Waals surface area contributed by atoms with Gasteiger partial charge in [0.15, 0.2) is 17.3 Å². The molecular formula is C31H30F2N8O3. The fourth-order valence-corrected chi connectivity index (χ4v) is 5.65. The molecule has 2 N–H and O–H groups in total. The molecule has 2 fully saturated rings. The van der Waals surface area contributed by atoms with Gasteiger partial charge in [-0.2, -0.15) is 15.3 Å². The van der Waals surface area contributed by atoms with Crippen LogP contribution in [0.15, 0.2) is 67.0 Å². The van der Waals surface area contributed by atoms with Gasteiger partial charge in [0.1, 0.15) is 11.9 Å². The Morgan fingerprint density at radius 3 is 2.64 bits per heavy atom. The first-order valence-electron chi connectivity index (χ1n) is 14.3. The molecule has 7 rings (SSSR count). The molecule has 3 aromatic heterocycles. The van der Waals surface area contributed by atoms with Gasteiger partial charge in [0.25, 0.3) is 0 Å². The standard InChI is InChI=1S/C31H30F2N8O3/c1-18-27(21-10-22-13-35-39(2)30(22)34-12-21)38-41(23-6-4-3-5-7-23)29(18)37-31(42)36-26-15-40(14-19-16-43-17-19)44-28(26)20-8-9-24(32)25(33)11-20/h3-13,19,26,28H,14-17H2,1-2H3,(H2,36,37,42)/t26-,28+/m1/s1. The molecule has 5 heterocycles. The molecule has 2 aromatic carbocycles. The number of anilines is 1. The largest absolute Gasteiger partial charge is 0.381 e. The summed E-state index contributed by atoms with van der Waals surface area (Å²) in [5.74, 6) is -1.15. The number of carbonyl (C=O) groups is 1. The Hall–Kier alpha value is -4.72. The third-order valence-corrected chi connectivity index (χ3v) is 7.99. The minimum Gasteiger partial charge on any atom is -0.381 e. The minimum absolute atomic E-state index is 0.301. The zero-order valence-electron chi connectivity index (χ0n) is 24.1. The fraction of sp³-hybridized carbons (Fsp3) is 0.290. The maximum Gasteiger partial charge on any atom is 0.320 e. The van der Waals surface area contributed by atoms with Crippen molar-refractivity contribution >= 4 is 22.9 Å². The molecule has 2 atom stereocenters. The quantitative estimate of drug-likeness (QED) is 0.282. The summed E-state index contributed by atoms with van der Waals surface area (Å²) in [6.07, 6.45) is 2.77. The number of para-hydroxylation sites is 1. The van der Waals surface area contributed by atoms with Crippen molar-refractivity contribution in [1.82, 2.24) is 34.9 Å². The van der Waals surface area contributed by atoms with Gasteiger partial charge in [0.05, 0.1) is 36.8 Å². The molecular weight excluding hydrogens is 570 g/mol. The zero-order chi connectivity index (χ0) is 30.4. The second-order valence-electron chi connectivity index (χ2n) is 11.1. The number of halogens is 2. The van der Waals surface area contributed by atoms with Gasteiger partial charge in [0.2, 0.25) is 0 Å². The maximum absolute atomic E-state index is 14.2. The van der Waals surface area contributed by atoms with Crippen molar-refractivity contribution in [2.75, 3.05) is 31.6 Å². The van der Waals surface area contributed by atoms with E-state index in [0.29, 0.717) is 49.3 Å². The molecule has 0 spiro atoms. The van der Waals surface area contributed by atoms with Crippen LogP contribution in [0.3, 0.4) is 0 Å². The van der Waals surface area contributed by atoms with Gasteiger partial charge < -0.3 is 10.1 Å². The lowest BCUT2D eigenvalue weighted by atomic mass is 10.0. The molecule has 2 saturated heterocycles. The maximum atomic E-state index is 14.2. The first-order chi connectivity index (χ1) is 21.3. The van der Waals surface area contributed by atoms with E-state index in [0.717, 1.165) is 40.0 Å². The van der Waals surface area contributed by atoms with Gasteiger partial charge in [-0.1, -0.05) is 24.3 Å². The Labute approximate surface area is 251 Å². The molecule has 2 aliphatic heterocycles. The smallest absolute Gasteiger partial charge is 0.320 e. The van der Waals surface area contributed by atoms with E-state index in [1.54, 1.807) is 26.8 Å². The Kier molecular flexibility index (Phi) is 7.28. The molecule has 0 saturated carbocycles.